The molecule has 0 unspecified atom stereocenters. The van der Waals surface area contributed by atoms with Crippen molar-refractivity contribution in [2.24, 2.45) is 0 Å². The van der Waals surface area contributed by atoms with E-state index in [2.05, 4.69) is 57.2 Å². The molecule has 5 nitrogen and oxygen atoms in total. The fourth-order valence-electron chi connectivity index (χ4n) is 8.41. The number of anilines is 4. The van der Waals surface area contributed by atoms with Crippen LogP contribution >= 0.6 is 0 Å². The Balaban J connectivity index is 0.00000539. The first-order chi connectivity index (χ1) is 32.5. The normalized spacial score (nSPS) is 13.9. The molecule has 0 bridgehead atoms. The van der Waals surface area contributed by atoms with Crippen LogP contribution < -0.4 is 14.5 Å². The Kier molecular flexibility index (Phi) is 8.58. The van der Waals surface area contributed by atoms with Gasteiger partial charge in [0.05, 0.1) is 0 Å². The molecule has 302 valence electrons. The number of nitrogens with zero attached hydrogens (tertiary/aromatic N) is 4. The van der Waals surface area contributed by atoms with Gasteiger partial charge >= 0.3 is 0 Å². The second-order valence-corrected chi connectivity index (χ2v) is 14.9. The van der Waals surface area contributed by atoms with E-state index >= 15 is 0 Å². The van der Waals surface area contributed by atoms with Crippen molar-refractivity contribution in [2.75, 3.05) is 9.80 Å². The van der Waals surface area contributed by atoms with Crippen LogP contribution in [0.5, 0.6) is 11.5 Å². The topological polar surface area (TPSA) is 33.5 Å². The molecular weight excluding hydrogens is 940 g/mol. The molecule has 0 aliphatic carbocycles. The van der Waals surface area contributed by atoms with Crippen molar-refractivity contribution >= 4 is 44.6 Å². The van der Waals surface area contributed by atoms with Gasteiger partial charge in [0.15, 0.2) is 0 Å². The molecule has 10 aromatic rings. The minimum atomic E-state index is -2.41. The molecule has 6 heteroatoms. The second kappa shape index (κ2) is 16.3. The predicted molar refractivity (Wildman–Crippen MR) is 250 cm³/mol. The van der Waals surface area contributed by atoms with Crippen molar-refractivity contribution in [3.8, 4) is 50.7 Å². The van der Waals surface area contributed by atoms with E-state index in [4.69, 9.17) is 13.0 Å². The van der Waals surface area contributed by atoms with E-state index in [0.717, 1.165) is 61.2 Å². The molecule has 0 spiro atoms. The van der Waals surface area contributed by atoms with Gasteiger partial charge in [0.2, 0.25) is 0 Å². The maximum absolute atomic E-state index is 8.79. The third kappa shape index (κ3) is 6.95. The summed E-state index contributed by atoms with van der Waals surface area (Å²) >= 11 is 0. The summed E-state index contributed by atoms with van der Waals surface area (Å²) in [4.78, 5) is 8.79. The molecule has 1 aliphatic heterocycles. The number of para-hydroxylation sites is 4. The van der Waals surface area contributed by atoms with Gasteiger partial charge in [0.1, 0.15) is 5.82 Å². The predicted octanol–water partition coefficient (Wildman–Crippen LogP) is 14.6. The smallest absolute Gasteiger partial charge is 0.135 e. The van der Waals surface area contributed by atoms with Gasteiger partial charge < -0.3 is 19.1 Å². The summed E-state index contributed by atoms with van der Waals surface area (Å²) in [6.07, 6.45) is 1.52. The van der Waals surface area contributed by atoms with Crippen LogP contribution in [0, 0.1) is 32.5 Å². The average molecular weight is 985 g/mol. The van der Waals surface area contributed by atoms with Crippen molar-refractivity contribution in [2.45, 2.75) is 13.7 Å². The number of ether oxygens (including phenoxy) is 1. The van der Waals surface area contributed by atoms with Crippen LogP contribution in [0.3, 0.4) is 0 Å². The molecule has 8 aromatic carbocycles. The zero-order chi connectivity index (χ0) is 45.9. The zero-order valence-corrected chi connectivity index (χ0v) is 35.3. The minimum absolute atomic E-state index is 0. The fraction of sp³-hybridized carbons (Fsp3) is 0.0357. The molecule has 3 heterocycles. The van der Waals surface area contributed by atoms with E-state index in [1.165, 1.54) is 12.3 Å². The molecule has 0 N–H and O–H groups in total. The summed E-state index contributed by atoms with van der Waals surface area (Å²) in [5.41, 5.74) is 10.4. The van der Waals surface area contributed by atoms with Gasteiger partial charge in [-0.2, -0.15) is 12.1 Å². The van der Waals surface area contributed by atoms with Crippen LogP contribution in [0.1, 0.15) is 19.4 Å². The maximum atomic E-state index is 8.79. The Bertz CT molecular complexity index is 3480. The zero-order valence-electron chi connectivity index (χ0n) is 39.1. The number of fused-ring (bicyclic) bond motifs is 4. The van der Waals surface area contributed by atoms with Crippen molar-refractivity contribution in [1.82, 2.24) is 9.55 Å². The number of aryl methyl sites for hydroxylation is 2. The van der Waals surface area contributed by atoms with Crippen LogP contribution in [0.2, 0.25) is 0 Å². The van der Waals surface area contributed by atoms with Gasteiger partial charge in [-0.3, -0.25) is 0 Å². The number of pyridine rings is 1. The van der Waals surface area contributed by atoms with E-state index in [1.54, 1.807) is 12.1 Å². The SMILES string of the molecule is [2H]C([2H])([2H])c1ccnc(-n2c3[c-]c(Oc4[c-]c(N5[CH-]N(c6c(-c7ccccc7)cccc6-c6ccc(-c7ccccc7)cc6C([2H])([2H])[2H])c6ccccc65)ccc4)ccc3c3ccccc32)c1.[Pt]. The monoisotopic (exact) mass is 984 g/mol. The van der Waals surface area contributed by atoms with Crippen molar-refractivity contribution in [3.63, 3.8) is 0 Å². The van der Waals surface area contributed by atoms with Crippen LogP contribution in [-0.2, 0) is 21.1 Å². The Hall–Kier alpha value is -7.20. The number of hydrogen-bond acceptors (Lipinski definition) is 4. The summed E-state index contributed by atoms with van der Waals surface area (Å²) in [6, 6.07) is 67.5. The van der Waals surface area contributed by atoms with Gasteiger partial charge in [0.25, 0.3) is 0 Å². The summed E-state index contributed by atoms with van der Waals surface area (Å²) in [5.74, 6) is 1.35. The Morgan fingerprint density at radius 3 is 2.10 bits per heavy atom. The largest absolute Gasteiger partial charge is 0.509 e. The van der Waals surface area contributed by atoms with Crippen LogP contribution in [0.15, 0.2) is 194 Å². The number of benzene rings is 8. The fourth-order valence-corrected chi connectivity index (χ4v) is 8.41. The Morgan fingerprint density at radius 2 is 1.27 bits per heavy atom. The summed E-state index contributed by atoms with van der Waals surface area (Å²) < 4.78 is 59.0. The van der Waals surface area contributed by atoms with E-state index in [9.17, 15) is 0 Å². The van der Waals surface area contributed by atoms with E-state index in [1.807, 2.05) is 151 Å². The Morgan fingerprint density at radius 1 is 0.548 bits per heavy atom. The standard InChI is InChI=1S/C56H39N4O.Pt/c1-38-31-32-57-55(33-38)60-51-24-10-9-21-48(51)49-30-28-45(36-54(49)60)61-44-20-13-19-43(35-44)58-37-59(53-26-12-11-25-52(53)58)56-47(41-17-7-4-8-18-41)22-14-23-50(56)46-29-27-42(34-39(46)2)40-15-5-3-6-16-40;/h3-34,37H,1-2H3;/q-3;/i1D3,2D3;. The minimum Gasteiger partial charge on any atom is -0.509 e. The molecule has 0 saturated heterocycles. The number of hydrogen-bond donors (Lipinski definition) is 0. The molecule has 0 radical (unpaired) electrons. The van der Waals surface area contributed by atoms with E-state index in [0.29, 0.717) is 34.1 Å². The quantitative estimate of drug-likeness (QED) is 0.142. The number of rotatable bonds is 8. The van der Waals surface area contributed by atoms with E-state index in [-0.39, 0.29) is 32.2 Å². The summed E-state index contributed by atoms with van der Waals surface area (Å²) in [6.45, 7) is -2.68. The molecular formula is C56H39N4OPt-3. The second-order valence-electron chi connectivity index (χ2n) is 14.9. The van der Waals surface area contributed by atoms with Gasteiger partial charge in [-0.25, -0.2) is 4.98 Å². The van der Waals surface area contributed by atoms with Crippen LogP contribution in [-0.4, -0.2) is 9.55 Å². The molecule has 2 aromatic heterocycles. The number of aromatic nitrogens is 2. The first-order valence-corrected chi connectivity index (χ1v) is 20.0. The van der Waals surface area contributed by atoms with Crippen LogP contribution in [0.25, 0.3) is 61.0 Å². The molecule has 0 saturated carbocycles. The third-order valence-electron chi connectivity index (χ3n) is 11.2. The molecule has 0 amide bonds. The van der Waals surface area contributed by atoms with Crippen LogP contribution in [0.4, 0.5) is 22.7 Å². The molecule has 0 atom stereocenters. The van der Waals surface area contributed by atoms with Gasteiger partial charge in [0, 0.05) is 80.7 Å². The van der Waals surface area contributed by atoms with E-state index < -0.39 is 13.7 Å². The van der Waals surface area contributed by atoms with Crippen molar-refractivity contribution in [1.29, 1.82) is 0 Å². The molecule has 11 rings (SSSR count). The average Bonchev–Trinajstić information content (AvgIpc) is 3.90. The summed E-state index contributed by atoms with van der Waals surface area (Å²) in [5, 5.41) is 1.89. The third-order valence-corrected chi connectivity index (χ3v) is 11.2. The molecule has 0 fully saturated rings. The Labute approximate surface area is 384 Å². The van der Waals surface area contributed by atoms with Gasteiger partial charge in [-0.15, -0.1) is 48.1 Å². The maximum Gasteiger partial charge on any atom is 0.135 e. The molecule has 62 heavy (non-hydrogen) atoms. The first-order valence-electron chi connectivity index (χ1n) is 23.0. The first kappa shape index (κ1) is 32.6. The molecule has 1 aliphatic rings. The van der Waals surface area contributed by atoms with Crippen molar-refractivity contribution in [3.05, 3.63) is 224 Å². The summed E-state index contributed by atoms with van der Waals surface area (Å²) in [7, 11) is 0. The van der Waals surface area contributed by atoms with Gasteiger partial charge in [-0.1, -0.05) is 133 Å². The van der Waals surface area contributed by atoms with Gasteiger partial charge in [-0.05, 0) is 82.8 Å². The van der Waals surface area contributed by atoms with Crippen molar-refractivity contribution < 1.29 is 34.0 Å².